The summed E-state index contributed by atoms with van der Waals surface area (Å²) in [6.07, 6.45) is 6.99. The fourth-order valence-corrected chi connectivity index (χ4v) is 2.29. The van der Waals surface area contributed by atoms with Crippen molar-refractivity contribution in [3.8, 4) is 11.7 Å². The average molecular weight is 311 g/mol. The maximum Gasteiger partial charge on any atom is 0.256 e. The van der Waals surface area contributed by atoms with Crippen LogP contribution in [-0.2, 0) is 13.6 Å². The van der Waals surface area contributed by atoms with Crippen molar-refractivity contribution in [1.29, 1.82) is 0 Å². The molecule has 7 heteroatoms. The summed E-state index contributed by atoms with van der Waals surface area (Å²) in [5.74, 6) is 1.08. The van der Waals surface area contributed by atoms with Crippen LogP contribution in [0.1, 0.15) is 15.9 Å². The highest BCUT2D eigenvalue weighted by Gasteiger charge is 2.17. The SMILES string of the molecule is COc1ccc(CNC(=O)c2cnn(C)c2-n2cccc2)cn1. The Morgan fingerprint density at radius 3 is 2.70 bits per heavy atom. The Hall–Kier alpha value is -3.09. The Morgan fingerprint density at radius 1 is 1.26 bits per heavy atom. The number of ether oxygens (including phenoxy) is 1. The first-order valence-electron chi connectivity index (χ1n) is 7.11. The maximum atomic E-state index is 12.4. The molecule has 0 bridgehead atoms. The van der Waals surface area contributed by atoms with Crippen molar-refractivity contribution in [3.05, 3.63) is 60.2 Å². The normalized spacial score (nSPS) is 10.5. The van der Waals surface area contributed by atoms with Crippen molar-refractivity contribution >= 4 is 5.91 Å². The third-order valence-corrected chi connectivity index (χ3v) is 3.46. The van der Waals surface area contributed by atoms with Gasteiger partial charge in [0.2, 0.25) is 5.88 Å². The topological polar surface area (TPSA) is 74.0 Å². The molecule has 118 valence electrons. The van der Waals surface area contributed by atoms with Gasteiger partial charge in [-0.2, -0.15) is 5.10 Å². The molecular weight excluding hydrogens is 294 g/mol. The van der Waals surface area contributed by atoms with Crippen molar-refractivity contribution < 1.29 is 9.53 Å². The standard InChI is InChI=1S/C16H17N5O2/c1-20-16(21-7-3-4-8-21)13(11-19-20)15(22)18-10-12-5-6-14(23-2)17-9-12/h3-9,11H,10H2,1-2H3,(H,18,22). The molecule has 0 saturated carbocycles. The zero-order valence-electron chi connectivity index (χ0n) is 12.9. The molecule has 3 aromatic rings. The van der Waals surface area contributed by atoms with Crippen LogP contribution in [0.5, 0.6) is 5.88 Å². The van der Waals surface area contributed by atoms with Gasteiger partial charge in [0, 0.05) is 38.2 Å². The number of carbonyl (C=O) groups excluding carboxylic acids is 1. The first-order chi connectivity index (χ1) is 11.2. The number of methoxy groups -OCH3 is 1. The molecule has 0 saturated heterocycles. The van der Waals surface area contributed by atoms with Gasteiger partial charge in [0.25, 0.3) is 5.91 Å². The molecule has 0 radical (unpaired) electrons. The van der Waals surface area contributed by atoms with E-state index in [4.69, 9.17) is 4.74 Å². The van der Waals surface area contributed by atoms with Gasteiger partial charge in [0.1, 0.15) is 11.4 Å². The minimum atomic E-state index is -0.183. The third-order valence-electron chi connectivity index (χ3n) is 3.46. The van der Waals surface area contributed by atoms with Crippen molar-refractivity contribution in [1.82, 2.24) is 24.6 Å². The van der Waals surface area contributed by atoms with E-state index in [1.807, 2.05) is 35.2 Å². The molecule has 0 atom stereocenters. The summed E-state index contributed by atoms with van der Waals surface area (Å²) in [5.41, 5.74) is 1.41. The Labute approximate surface area is 133 Å². The van der Waals surface area contributed by atoms with Gasteiger partial charge in [-0.05, 0) is 17.7 Å². The predicted octanol–water partition coefficient (Wildman–Crippen LogP) is 1.54. The lowest BCUT2D eigenvalue weighted by molar-refractivity contribution is 0.0951. The second-order valence-corrected chi connectivity index (χ2v) is 4.99. The quantitative estimate of drug-likeness (QED) is 0.776. The highest BCUT2D eigenvalue weighted by atomic mass is 16.5. The minimum absolute atomic E-state index is 0.183. The number of hydrogen-bond acceptors (Lipinski definition) is 4. The highest BCUT2D eigenvalue weighted by molar-refractivity contribution is 5.97. The molecule has 1 amide bonds. The molecule has 0 unspecified atom stereocenters. The first-order valence-corrected chi connectivity index (χ1v) is 7.11. The summed E-state index contributed by atoms with van der Waals surface area (Å²) < 4.78 is 8.54. The Kier molecular flexibility index (Phi) is 4.09. The van der Waals surface area contributed by atoms with E-state index in [1.165, 1.54) is 0 Å². The summed E-state index contributed by atoms with van der Waals surface area (Å²) >= 11 is 0. The lowest BCUT2D eigenvalue weighted by Crippen LogP contribution is -2.24. The Bertz CT molecular complexity index is 791. The second kappa shape index (κ2) is 6.35. The van der Waals surface area contributed by atoms with Crippen molar-refractivity contribution in [3.63, 3.8) is 0 Å². The van der Waals surface area contributed by atoms with E-state index in [9.17, 15) is 4.79 Å². The summed E-state index contributed by atoms with van der Waals surface area (Å²) in [5, 5.41) is 7.06. The van der Waals surface area contributed by atoms with E-state index in [-0.39, 0.29) is 5.91 Å². The maximum absolute atomic E-state index is 12.4. The molecule has 3 rings (SSSR count). The van der Waals surface area contributed by atoms with Gasteiger partial charge >= 0.3 is 0 Å². The number of pyridine rings is 1. The van der Waals surface area contributed by atoms with E-state index in [0.717, 1.165) is 11.4 Å². The van der Waals surface area contributed by atoms with E-state index in [1.54, 1.807) is 37.3 Å². The van der Waals surface area contributed by atoms with E-state index in [0.29, 0.717) is 18.0 Å². The van der Waals surface area contributed by atoms with Gasteiger partial charge in [-0.15, -0.1) is 0 Å². The number of nitrogens with one attached hydrogen (secondary N) is 1. The van der Waals surface area contributed by atoms with Crippen LogP contribution in [0.15, 0.2) is 49.1 Å². The zero-order chi connectivity index (χ0) is 16.2. The lowest BCUT2D eigenvalue weighted by atomic mass is 10.2. The zero-order valence-corrected chi connectivity index (χ0v) is 12.9. The summed E-state index contributed by atoms with van der Waals surface area (Å²) in [6, 6.07) is 7.43. The minimum Gasteiger partial charge on any atom is -0.481 e. The molecular formula is C16H17N5O2. The number of amides is 1. The molecule has 7 nitrogen and oxygen atoms in total. The summed E-state index contributed by atoms with van der Waals surface area (Å²) in [6.45, 7) is 0.385. The van der Waals surface area contributed by atoms with Crippen LogP contribution in [0, 0.1) is 0 Å². The van der Waals surface area contributed by atoms with Crippen LogP contribution in [0.3, 0.4) is 0 Å². The number of hydrogen-bond donors (Lipinski definition) is 1. The highest BCUT2D eigenvalue weighted by Crippen LogP contribution is 2.14. The van der Waals surface area contributed by atoms with E-state index < -0.39 is 0 Å². The number of nitrogens with zero attached hydrogens (tertiary/aromatic N) is 4. The number of carbonyl (C=O) groups is 1. The average Bonchev–Trinajstić information content (AvgIpc) is 3.22. The molecule has 0 fully saturated rings. The smallest absolute Gasteiger partial charge is 0.256 e. The predicted molar refractivity (Wildman–Crippen MR) is 84.5 cm³/mol. The fraction of sp³-hybridized carbons (Fsp3) is 0.188. The van der Waals surface area contributed by atoms with E-state index >= 15 is 0 Å². The van der Waals surface area contributed by atoms with Crippen molar-refractivity contribution in [2.24, 2.45) is 7.05 Å². The van der Waals surface area contributed by atoms with Crippen molar-refractivity contribution in [2.75, 3.05) is 7.11 Å². The van der Waals surface area contributed by atoms with Crippen LogP contribution < -0.4 is 10.1 Å². The fourth-order valence-electron chi connectivity index (χ4n) is 2.29. The van der Waals surface area contributed by atoms with Crippen LogP contribution >= 0.6 is 0 Å². The van der Waals surface area contributed by atoms with E-state index in [2.05, 4.69) is 15.4 Å². The molecule has 23 heavy (non-hydrogen) atoms. The molecule has 1 N–H and O–H groups in total. The molecule has 0 spiro atoms. The monoisotopic (exact) mass is 311 g/mol. The molecule has 0 aliphatic carbocycles. The first kappa shape index (κ1) is 14.8. The molecule has 0 aromatic carbocycles. The van der Waals surface area contributed by atoms with Crippen LogP contribution in [0.4, 0.5) is 0 Å². The van der Waals surface area contributed by atoms with Gasteiger partial charge in [0.05, 0.1) is 13.3 Å². The Balaban J connectivity index is 1.74. The van der Waals surface area contributed by atoms with Gasteiger partial charge in [0.15, 0.2) is 0 Å². The van der Waals surface area contributed by atoms with Crippen LogP contribution in [-0.4, -0.2) is 32.3 Å². The molecule has 0 aliphatic heterocycles. The molecule has 0 aliphatic rings. The van der Waals surface area contributed by atoms with Gasteiger partial charge in [-0.3, -0.25) is 9.48 Å². The summed E-state index contributed by atoms with van der Waals surface area (Å²) in [7, 11) is 3.37. The van der Waals surface area contributed by atoms with Gasteiger partial charge in [-0.1, -0.05) is 6.07 Å². The van der Waals surface area contributed by atoms with Gasteiger partial charge < -0.3 is 14.6 Å². The molecule has 3 heterocycles. The number of rotatable bonds is 5. The third kappa shape index (κ3) is 3.08. The second-order valence-electron chi connectivity index (χ2n) is 4.99. The Morgan fingerprint density at radius 2 is 2.04 bits per heavy atom. The number of aromatic nitrogens is 4. The van der Waals surface area contributed by atoms with Crippen LogP contribution in [0.25, 0.3) is 5.82 Å². The van der Waals surface area contributed by atoms with Crippen LogP contribution in [0.2, 0.25) is 0 Å². The largest absolute Gasteiger partial charge is 0.481 e. The van der Waals surface area contributed by atoms with Gasteiger partial charge in [-0.25, -0.2) is 4.98 Å². The summed E-state index contributed by atoms with van der Waals surface area (Å²) in [4.78, 5) is 16.6. The lowest BCUT2D eigenvalue weighted by Gasteiger charge is -2.08. The van der Waals surface area contributed by atoms with Crippen molar-refractivity contribution in [2.45, 2.75) is 6.54 Å². The number of aryl methyl sites for hydroxylation is 1. The molecule has 3 aromatic heterocycles.